The maximum absolute atomic E-state index is 11.4. The van der Waals surface area contributed by atoms with Crippen molar-refractivity contribution in [1.29, 1.82) is 0 Å². The molecule has 1 aromatic carbocycles. The number of carbonyl (C=O) groups excluding carboxylic acids is 2. The van der Waals surface area contributed by atoms with Crippen LogP contribution in [0.1, 0.15) is 12.5 Å². The molecule has 0 heterocycles. The van der Waals surface area contributed by atoms with Crippen LogP contribution in [-0.4, -0.2) is 29.1 Å². The summed E-state index contributed by atoms with van der Waals surface area (Å²) in [6.45, 7) is 1.46. The number of aliphatic carboxylic acids is 1. The zero-order valence-electron chi connectivity index (χ0n) is 10.3. The average molecular weight is 266 g/mol. The molecule has 19 heavy (non-hydrogen) atoms. The van der Waals surface area contributed by atoms with E-state index in [2.05, 4.69) is 0 Å². The number of amides is 3. The van der Waals surface area contributed by atoms with Gasteiger partial charge in [-0.25, -0.2) is 4.79 Å². The van der Waals surface area contributed by atoms with Gasteiger partial charge in [-0.15, -0.1) is 0 Å². The van der Waals surface area contributed by atoms with Gasteiger partial charge in [-0.2, -0.15) is 0 Å². The maximum atomic E-state index is 11.4. The highest BCUT2D eigenvalue weighted by Gasteiger charge is 2.16. The Labute approximate surface area is 109 Å². The number of imide groups is 1. The molecule has 0 fully saturated rings. The van der Waals surface area contributed by atoms with Crippen molar-refractivity contribution in [1.82, 2.24) is 5.32 Å². The van der Waals surface area contributed by atoms with Gasteiger partial charge in [-0.3, -0.25) is 14.9 Å². The van der Waals surface area contributed by atoms with Crippen LogP contribution in [0.4, 0.5) is 4.79 Å². The average Bonchev–Trinajstić information content (AvgIpc) is 2.30. The van der Waals surface area contributed by atoms with Crippen molar-refractivity contribution in [2.75, 3.05) is 0 Å². The monoisotopic (exact) mass is 266 g/mol. The molecule has 102 valence electrons. The summed E-state index contributed by atoms with van der Waals surface area (Å²) in [5.74, 6) is -1.19. The quantitative estimate of drug-likeness (QED) is 0.707. The second-order valence-electron chi connectivity index (χ2n) is 3.83. The van der Waals surface area contributed by atoms with Gasteiger partial charge in [0, 0.05) is 0 Å². The molecule has 0 aliphatic carbocycles. The summed E-state index contributed by atoms with van der Waals surface area (Å²) >= 11 is 0. The third-order valence-corrected chi connectivity index (χ3v) is 2.21. The number of nitrogens with one attached hydrogen (secondary N) is 1. The molecule has 1 rings (SSSR count). The molecular weight excluding hydrogens is 252 g/mol. The Kier molecular flexibility index (Phi) is 4.87. The van der Waals surface area contributed by atoms with Gasteiger partial charge < -0.3 is 15.6 Å². The van der Waals surface area contributed by atoms with Crippen LogP contribution in [0.2, 0.25) is 0 Å². The fourth-order valence-corrected chi connectivity index (χ4v) is 1.34. The van der Waals surface area contributed by atoms with Crippen LogP contribution < -0.4 is 15.8 Å². The van der Waals surface area contributed by atoms with E-state index in [-0.39, 0.29) is 6.42 Å². The fraction of sp³-hybridized carbons (Fsp3) is 0.250. The number of primary amides is 1. The standard InChI is InChI=1S/C12H14N2O5/c1-7(11(17)14-12(13)18)19-9-4-2-8(3-5-9)6-10(15)16/h2-5,7H,6H2,1H3,(H,15,16)(H3,13,14,17,18). The van der Waals surface area contributed by atoms with Gasteiger partial charge in [-0.05, 0) is 24.6 Å². The molecule has 7 nitrogen and oxygen atoms in total. The molecule has 1 aromatic rings. The van der Waals surface area contributed by atoms with Crippen molar-refractivity contribution >= 4 is 17.9 Å². The predicted octanol–water partition coefficient (Wildman–Crippen LogP) is 0.276. The van der Waals surface area contributed by atoms with Crippen molar-refractivity contribution in [2.45, 2.75) is 19.4 Å². The maximum Gasteiger partial charge on any atom is 0.318 e. The molecule has 0 saturated carbocycles. The van der Waals surface area contributed by atoms with Crippen molar-refractivity contribution in [2.24, 2.45) is 5.73 Å². The molecule has 0 saturated heterocycles. The number of ether oxygens (including phenoxy) is 1. The summed E-state index contributed by atoms with van der Waals surface area (Å²) in [5.41, 5.74) is 5.43. The molecule has 1 unspecified atom stereocenters. The van der Waals surface area contributed by atoms with E-state index in [4.69, 9.17) is 15.6 Å². The molecule has 0 spiro atoms. The number of rotatable bonds is 5. The largest absolute Gasteiger partial charge is 0.481 e. The minimum absolute atomic E-state index is 0.0853. The van der Waals surface area contributed by atoms with E-state index < -0.39 is 24.0 Å². The van der Waals surface area contributed by atoms with E-state index >= 15 is 0 Å². The van der Waals surface area contributed by atoms with Crippen molar-refractivity contribution < 1.29 is 24.2 Å². The van der Waals surface area contributed by atoms with E-state index in [1.165, 1.54) is 6.92 Å². The van der Waals surface area contributed by atoms with Gasteiger partial charge in [0.2, 0.25) is 0 Å². The summed E-state index contributed by atoms with van der Waals surface area (Å²) < 4.78 is 5.27. The third-order valence-electron chi connectivity index (χ3n) is 2.21. The minimum atomic E-state index is -0.947. The Hall–Kier alpha value is -2.57. The lowest BCUT2D eigenvalue weighted by Crippen LogP contribution is -2.42. The van der Waals surface area contributed by atoms with Gasteiger partial charge in [-0.1, -0.05) is 12.1 Å². The van der Waals surface area contributed by atoms with Crippen LogP contribution in [0.15, 0.2) is 24.3 Å². The summed E-state index contributed by atoms with van der Waals surface area (Å²) in [6.07, 6.45) is -0.976. The molecule has 4 N–H and O–H groups in total. The molecule has 7 heteroatoms. The first kappa shape index (κ1) is 14.5. The predicted molar refractivity (Wildman–Crippen MR) is 65.6 cm³/mol. The molecular formula is C12H14N2O5. The smallest absolute Gasteiger partial charge is 0.318 e. The second kappa shape index (κ2) is 6.39. The minimum Gasteiger partial charge on any atom is -0.481 e. The van der Waals surface area contributed by atoms with E-state index in [0.29, 0.717) is 11.3 Å². The van der Waals surface area contributed by atoms with Gasteiger partial charge in [0.05, 0.1) is 6.42 Å². The van der Waals surface area contributed by atoms with Crippen molar-refractivity contribution in [3.05, 3.63) is 29.8 Å². The SMILES string of the molecule is CC(Oc1ccc(CC(=O)O)cc1)C(=O)NC(N)=O. The van der Waals surface area contributed by atoms with E-state index in [0.717, 1.165) is 0 Å². The lowest BCUT2D eigenvalue weighted by atomic mass is 10.1. The van der Waals surface area contributed by atoms with Crippen LogP contribution in [0.5, 0.6) is 5.75 Å². The first-order chi connectivity index (χ1) is 8.88. The second-order valence-corrected chi connectivity index (χ2v) is 3.83. The van der Waals surface area contributed by atoms with Crippen LogP contribution in [0.3, 0.4) is 0 Å². The lowest BCUT2D eigenvalue weighted by Gasteiger charge is -2.13. The Morgan fingerprint density at radius 2 is 1.89 bits per heavy atom. The molecule has 3 amide bonds. The number of benzene rings is 1. The van der Waals surface area contributed by atoms with Crippen LogP contribution in [0.25, 0.3) is 0 Å². The summed E-state index contributed by atoms with van der Waals surface area (Å²) in [5, 5.41) is 10.5. The first-order valence-corrected chi connectivity index (χ1v) is 5.46. The molecule has 1 atom stereocenters. The zero-order valence-corrected chi connectivity index (χ0v) is 10.3. The number of nitrogens with two attached hydrogens (primary N) is 1. The summed E-state index contributed by atoms with van der Waals surface area (Å²) in [6, 6.07) is 5.32. The van der Waals surface area contributed by atoms with Crippen LogP contribution in [-0.2, 0) is 16.0 Å². The molecule has 0 bridgehead atoms. The number of carbonyl (C=O) groups is 3. The number of carboxylic acids is 1. The van der Waals surface area contributed by atoms with Crippen LogP contribution >= 0.6 is 0 Å². The highest BCUT2D eigenvalue weighted by Crippen LogP contribution is 2.14. The third kappa shape index (κ3) is 5.07. The van der Waals surface area contributed by atoms with Crippen molar-refractivity contribution in [3.63, 3.8) is 0 Å². The van der Waals surface area contributed by atoms with E-state index in [1.54, 1.807) is 24.3 Å². The Morgan fingerprint density at radius 1 is 1.32 bits per heavy atom. The number of hydrogen-bond acceptors (Lipinski definition) is 4. The fourth-order valence-electron chi connectivity index (χ4n) is 1.34. The molecule has 0 aliphatic rings. The van der Waals surface area contributed by atoms with Gasteiger partial charge in [0.15, 0.2) is 6.10 Å². The van der Waals surface area contributed by atoms with E-state index in [9.17, 15) is 14.4 Å². The number of carboxylic acid groups (broad SMARTS) is 1. The zero-order chi connectivity index (χ0) is 14.4. The number of hydrogen-bond donors (Lipinski definition) is 3. The van der Waals surface area contributed by atoms with E-state index in [1.807, 2.05) is 5.32 Å². The van der Waals surface area contributed by atoms with Crippen molar-refractivity contribution in [3.8, 4) is 5.75 Å². The summed E-state index contributed by atoms with van der Waals surface area (Å²) in [7, 11) is 0. The highest BCUT2D eigenvalue weighted by molar-refractivity contribution is 5.95. The van der Waals surface area contributed by atoms with Gasteiger partial charge in [0.1, 0.15) is 5.75 Å². The highest BCUT2D eigenvalue weighted by atomic mass is 16.5. The topological polar surface area (TPSA) is 119 Å². The first-order valence-electron chi connectivity index (χ1n) is 5.46. The van der Waals surface area contributed by atoms with Gasteiger partial charge in [0.25, 0.3) is 5.91 Å². The van der Waals surface area contributed by atoms with Gasteiger partial charge >= 0.3 is 12.0 Å². The Morgan fingerprint density at radius 3 is 2.37 bits per heavy atom. The normalized spacial score (nSPS) is 11.4. The molecule has 0 aliphatic heterocycles. The Bertz CT molecular complexity index is 483. The van der Waals surface area contributed by atoms with Crippen LogP contribution in [0, 0.1) is 0 Å². The lowest BCUT2D eigenvalue weighted by molar-refractivity contribution is -0.136. The molecule has 0 aromatic heterocycles. The summed E-state index contributed by atoms with van der Waals surface area (Å²) in [4.78, 5) is 32.3. The Balaban J connectivity index is 2.59. The number of urea groups is 1. The molecule has 0 radical (unpaired) electrons.